The lowest BCUT2D eigenvalue weighted by Gasteiger charge is -2.34. The van der Waals surface area contributed by atoms with Gasteiger partial charge in [0.05, 0.1) is 53.9 Å². The second kappa shape index (κ2) is 12.1. The molecular weight excluding hydrogens is 505 g/mol. The summed E-state index contributed by atoms with van der Waals surface area (Å²) in [5, 5.41) is 25.4. The summed E-state index contributed by atoms with van der Waals surface area (Å²) in [5.41, 5.74) is 3.92. The van der Waals surface area contributed by atoms with Gasteiger partial charge in [-0.05, 0) is 61.0 Å². The number of hydrogen-bond acceptors (Lipinski definition) is 7. The molecule has 7 nitrogen and oxygen atoms in total. The van der Waals surface area contributed by atoms with Crippen LogP contribution in [0.2, 0.25) is 0 Å². The second-order valence-corrected chi connectivity index (χ2v) is 10.1. The van der Waals surface area contributed by atoms with Crippen LogP contribution >= 0.6 is 0 Å². The van der Waals surface area contributed by atoms with Crippen LogP contribution in [-0.4, -0.2) is 37.6 Å². The number of nitrogens with zero attached hydrogens (tertiary/aromatic N) is 5. The quantitative estimate of drug-likeness (QED) is 0.336. The molecule has 8 heteroatoms. The van der Waals surface area contributed by atoms with Crippen molar-refractivity contribution in [1.29, 1.82) is 10.5 Å². The van der Waals surface area contributed by atoms with Gasteiger partial charge in [-0.1, -0.05) is 19.1 Å². The van der Waals surface area contributed by atoms with E-state index in [0.717, 1.165) is 35.6 Å². The van der Waals surface area contributed by atoms with Crippen molar-refractivity contribution in [2.45, 2.75) is 45.3 Å². The zero-order valence-electron chi connectivity index (χ0n) is 22.8. The Kier molecular flexibility index (Phi) is 8.17. The first-order valence-electron chi connectivity index (χ1n) is 13.7. The number of halogens is 1. The van der Waals surface area contributed by atoms with Crippen molar-refractivity contribution in [3.05, 3.63) is 83.7 Å². The number of piperidine rings is 1. The molecule has 1 fully saturated rings. The first-order valence-corrected chi connectivity index (χ1v) is 13.7. The average molecular weight is 538 g/mol. The molecule has 204 valence electrons. The molecule has 0 radical (unpaired) electrons. The topological polar surface area (TPSA) is 84.9 Å². The van der Waals surface area contributed by atoms with Gasteiger partial charge in [-0.3, -0.25) is 5.01 Å². The molecule has 2 aliphatic heterocycles. The van der Waals surface area contributed by atoms with Gasteiger partial charge in [0.15, 0.2) is 0 Å². The van der Waals surface area contributed by atoms with Crippen LogP contribution in [0.25, 0.3) is 0 Å². The zero-order valence-corrected chi connectivity index (χ0v) is 22.8. The van der Waals surface area contributed by atoms with Crippen LogP contribution in [0.5, 0.6) is 11.5 Å². The van der Waals surface area contributed by atoms with E-state index in [-0.39, 0.29) is 23.9 Å². The molecule has 0 saturated carbocycles. The lowest BCUT2D eigenvalue weighted by atomic mass is 9.91. The first kappa shape index (κ1) is 27.0. The van der Waals surface area contributed by atoms with Gasteiger partial charge in [-0.2, -0.15) is 15.6 Å². The van der Waals surface area contributed by atoms with E-state index in [1.54, 1.807) is 24.3 Å². The highest BCUT2D eigenvalue weighted by Crippen LogP contribution is 2.34. The number of anilines is 2. The van der Waals surface area contributed by atoms with Gasteiger partial charge >= 0.3 is 0 Å². The number of hydrazone groups is 1. The molecular formula is C32H32FN5O2. The molecule has 5 rings (SSSR count). The minimum absolute atomic E-state index is 0.0411. The van der Waals surface area contributed by atoms with Gasteiger partial charge < -0.3 is 14.4 Å². The summed E-state index contributed by atoms with van der Waals surface area (Å²) in [7, 11) is 0. The Bertz CT molecular complexity index is 1430. The van der Waals surface area contributed by atoms with Gasteiger partial charge in [-0.15, -0.1) is 0 Å². The summed E-state index contributed by atoms with van der Waals surface area (Å²) >= 11 is 0. The first-order chi connectivity index (χ1) is 19.5. The van der Waals surface area contributed by atoms with E-state index in [4.69, 9.17) is 19.8 Å². The van der Waals surface area contributed by atoms with Crippen molar-refractivity contribution in [3.8, 4) is 23.6 Å². The fourth-order valence-corrected chi connectivity index (χ4v) is 5.39. The van der Waals surface area contributed by atoms with Crippen LogP contribution in [0.4, 0.5) is 15.8 Å². The molecule has 0 spiro atoms. The highest BCUT2D eigenvalue weighted by atomic mass is 19.1. The van der Waals surface area contributed by atoms with E-state index < -0.39 is 0 Å². The minimum atomic E-state index is -0.241. The zero-order chi connectivity index (χ0) is 28.1. The van der Waals surface area contributed by atoms with Crippen molar-refractivity contribution in [3.63, 3.8) is 0 Å². The van der Waals surface area contributed by atoms with Gasteiger partial charge in [0.25, 0.3) is 0 Å². The number of hydrogen-bond donors (Lipinski definition) is 0. The van der Waals surface area contributed by atoms with E-state index in [0.29, 0.717) is 43.1 Å². The molecule has 2 atom stereocenters. The van der Waals surface area contributed by atoms with Crippen molar-refractivity contribution in [1.82, 2.24) is 0 Å². The predicted molar refractivity (Wildman–Crippen MR) is 153 cm³/mol. The number of nitriles is 2. The largest absolute Gasteiger partial charge is 0.494 e. The molecule has 3 aromatic carbocycles. The predicted octanol–water partition coefficient (Wildman–Crippen LogP) is 6.29. The second-order valence-electron chi connectivity index (χ2n) is 10.1. The lowest BCUT2D eigenvalue weighted by molar-refractivity contribution is 0.170. The third kappa shape index (κ3) is 5.72. The molecule has 0 N–H and O–H groups in total. The van der Waals surface area contributed by atoms with E-state index in [9.17, 15) is 9.65 Å². The fourth-order valence-electron chi connectivity index (χ4n) is 5.39. The van der Waals surface area contributed by atoms with Gasteiger partial charge in [0.1, 0.15) is 23.4 Å². The number of ether oxygens (including phenoxy) is 2. The third-order valence-electron chi connectivity index (χ3n) is 7.56. The monoisotopic (exact) mass is 537 g/mol. The third-order valence-corrected chi connectivity index (χ3v) is 7.56. The lowest BCUT2D eigenvalue weighted by Crippen LogP contribution is -2.38. The Morgan fingerprint density at radius 2 is 1.68 bits per heavy atom. The number of benzene rings is 3. The Labute approximate surface area is 234 Å². The van der Waals surface area contributed by atoms with Crippen LogP contribution in [0.15, 0.2) is 71.8 Å². The standard InChI is InChI=1S/C32H32FN5O2/c1-3-39-28-12-13-29(33)31(20-28)37-18-15-27(16-19-37)40-26-10-8-25(9-11-26)38-30(14-17-34)22(2)32(36-38)24-6-4-23(21-35)5-7-24/h4-13,20,22,27,30H,3,14-16,18-19H2,1-2H3/t22-,30-/m0/s1. The number of rotatable bonds is 8. The van der Waals surface area contributed by atoms with Crippen LogP contribution in [0.3, 0.4) is 0 Å². The molecule has 2 heterocycles. The van der Waals surface area contributed by atoms with Gasteiger partial charge in [0.2, 0.25) is 0 Å². The normalized spacial score (nSPS) is 19.1. The summed E-state index contributed by atoms with van der Waals surface area (Å²) in [6, 6.07) is 24.5. The molecule has 0 amide bonds. The average Bonchev–Trinajstić information content (AvgIpc) is 3.31. The van der Waals surface area contributed by atoms with Crippen molar-refractivity contribution < 1.29 is 13.9 Å². The Morgan fingerprint density at radius 3 is 2.33 bits per heavy atom. The highest BCUT2D eigenvalue weighted by Gasteiger charge is 2.35. The molecule has 0 unspecified atom stereocenters. The van der Waals surface area contributed by atoms with E-state index >= 15 is 0 Å². The Balaban J connectivity index is 1.24. The summed E-state index contributed by atoms with van der Waals surface area (Å²) < 4.78 is 26.3. The molecule has 40 heavy (non-hydrogen) atoms. The SMILES string of the molecule is CCOc1ccc(F)c(N2CCC(Oc3ccc(N4N=C(c5ccc(C#N)cc5)[C@@H](C)[C@@H]4CC#N)cc3)CC2)c1. The Morgan fingerprint density at radius 1 is 0.975 bits per heavy atom. The smallest absolute Gasteiger partial charge is 0.146 e. The summed E-state index contributed by atoms with van der Waals surface area (Å²) in [4.78, 5) is 2.05. The minimum Gasteiger partial charge on any atom is -0.494 e. The summed E-state index contributed by atoms with van der Waals surface area (Å²) in [6.07, 6.45) is 1.95. The summed E-state index contributed by atoms with van der Waals surface area (Å²) in [6.45, 7) is 5.94. The van der Waals surface area contributed by atoms with Crippen molar-refractivity contribution in [2.75, 3.05) is 29.6 Å². The van der Waals surface area contributed by atoms with Crippen LogP contribution in [-0.2, 0) is 0 Å². The molecule has 2 aliphatic rings. The fraction of sp³-hybridized carbons (Fsp3) is 0.344. The highest BCUT2D eigenvalue weighted by molar-refractivity contribution is 6.04. The maximum absolute atomic E-state index is 14.5. The molecule has 3 aromatic rings. The molecule has 0 aliphatic carbocycles. The Hall–Kier alpha value is -4.56. The maximum atomic E-state index is 14.5. The van der Waals surface area contributed by atoms with Crippen LogP contribution in [0, 0.1) is 34.4 Å². The van der Waals surface area contributed by atoms with E-state index in [1.807, 2.05) is 53.2 Å². The summed E-state index contributed by atoms with van der Waals surface area (Å²) in [5.74, 6) is 1.25. The van der Waals surface area contributed by atoms with E-state index in [1.165, 1.54) is 6.07 Å². The van der Waals surface area contributed by atoms with Gasteiger partial charge in [-0.25, -0.2) is 4.39 Å². The van der Waals surface area contributed by atoms with Crippen LogP contribution < -0.4 is 19.4 Å². The van der Waals surface area contributed by atoms with E-state index in [2.05, 4.69) is 19.1 Å². The molecule has 0 aromatic heterocycles. The van der Waals surface area contributed by atoms with Gasteiger partial charge in [0, 0.05) is 37.9 Å². The molecule has 1 saturated heterocycles. The van der Waals surface area contributed by atoms with Crippen molar-refractivity contribution in [2.24, 2.45) is 11.0 Å². The van der Waals surface area contributed by atoms with Crippen LogP contribution in [0.1, 0.15) is 44.2 Å². The maximum Gasteiger partial charge on any atom is 0.146 e. The van der Waals surface area contributed by atoms with Crippen molar-refractivity contribution >= 4 is 17.1 Å². The molecule has 0 bridgehead atoms.